The van der Waals surface area contributed by atoms with Crippen molar-refractivity contribution >= 4 is 16.6 Å². The molecule has 0 bridgehead atoms. The molecule has 0 aromatic rings. The van der Waals surface area contributed by atoms with Gasteiger partial charge in [-0.3, -0.25) is 9.00 Å². The molecule has 72 valence electrons. The highest BCUT2D eigenvalue weighted by atomic mass is 32.2. The van der Waals surface area contributed by atoms with Crippen LogP contribution in [0.3, 0.4) is 0 Å². The van der Waals surface area contributed by atoms with E-state index in [1.165, 1.54) is 0 Å². The predicted octanol–water partition coefficient (Wildman–Crippen LogP) is 1.76. The lowest BCUT2D eigenvalue weighted by atomic mass is 10.2. The van der Waals surface area contributed by atoms with Crippen LogP contribution in [0, 0.1) is 5.92 Å². The molecule has 0 spiro atoms. The van der Waals surface area contributed by atoms with Crippen LogP contribution in [0.4, 0.5) is 0 Å². The summed E-state index contributed by atoms with van der Waals surface area (Å²) in [6.45, 7) is 5.95. The largest absolute Gasteiger partial charge is 0.299 e. The number of Topliss-reactive ketones (excluding diaryl/α,β-unsaturated/α-hetero) is 1. The Kier molecular flexibility index (Phi) is 6.25. The zero-order valence-corrected chi connectivity index (χ0v) is 8.95. The van der Waals surface area contributed by atoms with Crippen molar-refractivity contribution in [1.82, 2.24) is 0 Å². The van der Waals surface area contributed by atoms with Gasteiger partial charge in [0.1, 0.15) is 5.78 Å². The van der Waals surface area contributed by atoms with E-state index < -0.39 is 10.8 Å². The van der Waals surface area contributed by atoms with Gasteiger partial charge in [-0.25, -0.2) is 0 Å². The molecule has 0 heterocycles. The molecule has 0 rings (SSSR count). The van der Waals surface area contributed by atoms with Crippen molar-refractivity contribution in [1.29, 1.82) is 0 Å². The molecule has 2 atom stereocenters. The zero-order chi connectivity index (χ0) is 9.56. The van der Waals surface area contributed by atoms with Crippen molar-refractivity contribution in [3.63, 3.8) is 0 Å². The van der Waals surface area contributed by atoms with Gasteiger partial charge in [-0.1, -0.05) is 27.2 Å². The van der Waals surface area contributed by atoms with E-state index in [2.05, 4.69) is 13.8 Å². The number of ketones is 1. The highest BCUT2D eigenvalue weighted by molar-refractivity contribution is 7.85. The van der Waals surface area contributed by atoms with Gasteiger partial charge < -0.3 is 0 Å². The normalized spacial score (nSPS) is 15.6. The average Bonchev–Trinajstić information content (AvgIpc) is 2.03. The molecule has 12 heavy (non-hydrogen) atoms. The van der Waals surface area contributed by atoms with Gasteiger partial charge in [-0.2, -0.15) is 0 Å². The summed E-state index contributed by atoms with van der Waals surface area (Å²) in [6.07, 6.45) is 1.54. The topological polar surface area (TPSA) is 34.1 Å². The van der Waals surface area contributed by atoms with Gasteiger partial charge in [0.25, 0.3) is 0 Å². The molecule has 3 heteroatoms. The molecule has 2 nitrogen and oxygen atoms in total. The summed E-state index contributed by atoms with van der Waals surface area (Å²) in [7, 11) is -0.930. The van der Waals surface area contributed by atoms with Gasteiger partial charge in [0.05, 0.1) is 5.75 Å². The fourth-order valence-corrected chi connectivity index (χ4v) is 2.33. The van der Waals surface area contributed by atoms with Gasteiger partial charge in [-0.05, 0) is 5.92 Å². The van der Waals surface area contributed by atoms with Gasteiger partial charge in [0, 0.05) is 23.0 Å². The third-order valence-electron chi connectivity index (χ3n) is 1.88. The Morgan fingerprint density at radius 3 is 2.42 bits per heavy atom. The minimum atomic E-state index is -0.930. The molecule has 0 N–H and O–H groups in total. The maximum absolute atomic E-state index is 11.3. The van der Waals surface area contributed by atoms with Crippen LogP contribution in [-0.4, -0.2) is 21.5 Å². The second-order valence-electron chi connectivity index (χ2n) is 3.16. The smallest absolute Gasteiger partial charge is 0.145 e. The Morgan fingerprint density at radius 2 is 2.00 bits per heavy atom. The van der Waals surface area contributed by atoms with E-state index in [4.69, 9.17) is 0 Å². The summed E-state index contributed by atoms with van der Waals surface area (Å²) in [6, 6.07) is 0. The summed E-state index contributed by atoms with van der Waals surface area (Å²) in [5.74, 6) is 1.50. The summed E-state index contributed by atoms with van der Waals surface area (Å²) in [4.78, 5) is 10.9. The fourth-order valence-electron chi connectivity index (χ4n) is 0.776. The summed E-state index contributed by atoms with van der Waals surface area (Å²) in [5, 5.41) is 0. The van der Waals surface area contributed by atoms with Crippen molar-refractivity contribution in [2.24, 2.45) is 5.92 Å². The molecule has 0 fully saturated rings. The Bertz CT molecular complexity index is 166. The van der Waals surface area contributed by atoms with Gasteiger partial charge >= 0.3 is 0 Å². The molecular weight excluding hydrogens is 172 g/mol. The number of carbonyl (C=O) groups is 1. The van der Waals surface area contributed by atoms with E-state index in [-0.39, 0.29) is 11.5 Å². The van der Waals surface area contributed by atoms with Crippen LogP contribution in [-0.2, 0) is 15.6 Å². The lowest BCUT2D eigenvalue weighted by molar-refractivity contribution is -0.116. The first-order valence-electron chi connectivity index (χ1n) is 4.46. The molecule has 2 unspecified atom stereocenters. The number of rotatable bonds is 6. The standard InChI is InChI=1S/C9H18O2S/c1-4-8(3)6-12(11)7-9(10)5-2/h8H,4-7H2,1-3H3. The molecule has 0 radical (unpaired) electrons. The van der Waals surface area contributed by atoms with Crippen LogP contribution >= 0.6 is 0 Å². The molecule has 0 saturated carbocycles. The quantitative estimate of drug-likeness (QED) is 0.639. The van der Waals surface area contributed by atoms with Crippen molar-refractivity contribution in [3.8, 4) is 0 Å². The Balaban J connectivity index is 3.66. The monoisotopic (exact) mass is 190 g/mol. The van der Waals surface area contributed by atoms with E-state index >= 15 is 0 Å². The van der Waals surface area contributed by atoms with Gasteiger partial charge in [-0.15, -0.1) is 0 Å². The summed E-state index contributed by atoms with van der Waals surface area (Å²) < 4.78 is 11.3. The molecule has 0 amide bonds. The first-order valence-corrected chi connectivity index (χ1v) is 5.95. The van der Waals surface area contributed by atoms with Crippen LogP contribution in [0.5, 0.6) is 0 Å². The van der Waals surface area contributed by atoms with Crippen molar-refractivity contribution in [2.45, 2.75) is 33.6 Å². The third-order valence-corrected chi connectivity index (χ3v) is 3.47. The maximum Gasteiger partial charge on any atom is 0.145 e. The Hall–Kier alpha value is -0.180. The molecule has 0 aliphatic heterocycles. The van der Waals surface area contributed by atoms with Crippen LogP contribution in [0.25, 0.3) is 0 Å². The first-order chi connectivity index (χ1) is 5.60. The number of hydrogen-bond acceptors (Lipinski definition) is 2. The van der Waals surface area contributed by atoms with Gasteiger partial charge in [0.15, 0.2) is 0 Å². The molecule has 0 aromatic carbocycles. The van der Waals surface area contributed by atoms with E-state index in [0.29, 0.717) is 18.1 Å². The SMILES string of the molecule is CCC(=O)CS(=O)CC(C)CC. The summed E-state index contributed by atoms with van der Waals surface area (Å²) in [5.41, 5.74) is 0. The second kappa shape index (κ2) is 6.35. The third kappa shape index (κ3) is 5.47. The summed E-state index contributed by atoms with van der Waals surface area (Å²) >= 11 is 0. The van der Waals surface area contributed by atoms with E-state index in [1.54, 1.807) is 0 Å². The lowest BCUT2D eigenvalue weighted by Gasteiger charge is -2.06. The minimum absolute atomic E-state index is 0.108. The lowest BCUT2D eigenvalue weighted by Crippen LogP contribution is -2.15. The van der Waals surface area contributed by atoms with E-state index in [0.717, 1.165) is 6.42 Å². The van der Waals surface area contributed by atoms with Crippen molar-refractivity contribution < 1.29 is 9.00 Å². The van der Waals surface area contributed by atoms with Crippen LogP contribution < -0.4 is 0 Å². The zero-order valence-electron chi connectivity index (χ0n) is 8.13. The predicted molar refractivity (Wildman–Crippen MR) is 52.6 cm³/mol. The van der Waals surface area contributed by atoms with Gasteiger partial charge in [0.2, 0.25) is 0 Å². The van der Waals surface area contributed by atoms with E-state index in [9.17, 15) is 9.00 Å². The molecular formula is C9H18O2S. The minimum Gasteiger partial charge on any atom is -0.299 e. The van der Waals surface area contributed by atoms with Crippen LogP contribution in [0.2, 0.25) is 0 Å². The van der Waals surface area contributed by atoms with Crippen LogP contribution in [0.15, 0.2) is 0 Å². The Labute approximate surface area is 77.2 Å². The fraction of sp³-hybridized carbons (Fsp3) is 0.889. The van der Waals surface area contributed by atoms with Crippen molar-refractivity contribution in [2.75, 3.05) is 11.5 Å². The second-order valence-corrected chi connectivity index (χ2v) is 4.66. The van der Waals surface area contributed by atoms with E-state index in [1.807, 2.05) is 6.92 Å². The highest BCUT2D eigenvalue weighted by Crippen LogP contribution is 2.03. The molecule has 0 aliphatic rings. The molecule has 0 aromatic heterocycles. The number of hydrogen-bond donors (Lipinski definition) is 0. The number of carbonyl (C=O) groups excluding carboxylic acids is 1. The molecule has 0 aliphatic carbocycles. The average molecular weight is 190 g/mol. The molecule has 0 saturated heterocycles. The van der Waals surface area contributed by atoms with Crippen molar-refractivity contribution in [3.05, 3.63) is 0 Å². The van der Waals surface area contributed by atoms with Crippen LogP contribution in [0.1, 0.15) is 33.6 Å². The Morgan fingerprint density at radius 1 is 1.42 bits per heavy atom. The maximum atomic E-state index is 11.3. The first kappa shape index (κ1) is 11.8. The highest BCUT2D eigenvalue weighted by Gasteiger charge is 2.08.